The molecule has 0 atom stereocenters. The number of nitriles is 1. The van der Waals surface area contributed by atoms with Crippen molar-refractivity contribution in [1.29, 1.82) is 5.26 Å². The molecule has 0 aliphatic carbocycles. The average molecular weight is 277 g/mol. The Kier molecular flexibility index (Phi) is 5.17. The summed E-state index contributed by atoms with van der Waals surface area (Å²) < 4.78 is 5.13. The lowest BCUT2D eigenvalue weighted by Gasteiger charge is -2.03. The molecule has 2 aromatic carbocycles. The van der Waals surface area contributed by atoms with Gasteiger partial charge in [-0.25, -0.2) is 0 Å². The Morgan fingerprint density at radius 1 is 1.10 bits per heavy atom. The molecule has 0 spiro atoms. The first-order chi connectivity index (χ1) is 10.3. The third-order valence-electron chi connectivity index (χ3n) is 3.35. The molecule has 0 saturated carbocycles. The number of allylic oxidation sites excluding steroid dienone is 1. The van der Waals surface area contributed by atoms with Gasteiger partial charge in [0.2, 0.25) is 0 Å². The minimum Gasteiger partial charge on any atom is -0.497 e. The van der Waals surface area contributed by atoms with Crippen molar-refractivity contribution in [3.05, 3.63) is 65.2 Å². The first kappa shape index (κ1) is 14.9. The van der Waals surface area contributed by atoms with E-state index in [1.54, 1.807) is 7.11 Å². The smallest absolute Gasteiger partial charge is 0.118 e. The molecule has 0 unspecified atom stereocenters. The van der Waals surface area contributed by atoms with Gasteiger partial charge in [0.15, 0.2) is 0 Å². The van der Waals surface area contributed by atoms with Crippen molar-refractivity contribution in [3.63, 3.8) is 0 Å². The fourth-order valence-corrected chi connectivity index (χ4v) is 2.19. The van der Waals surface area contributed by atoms with Crippen molar-refractivity contribution in [3.8, 4) is 11.8 Å². The van der Waals surface area contributed by atoms with Crippen LogP contribution in [0.4, 0.5) is 0 Å². The van der Waals surface area contributed by atoms with E-state index in [-0.39, 0.29) is 0 Å². The number of nitrogens with zero attached hydrogens (tertiary/aromatic N) is 1. The third-order valence-corrected chi connectivity index (χ3v) is 3.35. The number of methoxy groups -OCH3 is 1. The van der Waals surface area contributed by atoms with Crippen LogP contribution in [0.25, 0.3) is 11.6 Å². The van der Waals surface area contributed by atoms with Crippen LogP contribution in [0.15, 0.2) is 48.5 Å². The van der Waals surface area contributed by atoms with Crippen molar-refractivity contribution < 1.29 is 4.74 Å². The first-order valence-electron chi connectivity index (χ1n) is 7.12. The molecular formula is C19H19NO. The number of rotatable bonds is 5. The number of ether oxygens (including phenoxy) is 1. The lowest BCUT2D eigenvalue weighted by Crippen LogP contribution is -1.86. The largest absolute Gasteiger partial charge is 0.497 e. The van der Waals surface area contributed by atoms with Crippen LogP contribution in [0, 0.1) is 11.3 Å². The van der Waals surface area contributed by atoms with Crippen LogP contribution in [0.5, 0.6) is 5.75 Å². The van der Waals surface area contributed by atoms with Crippen LogP contribution >= 0.6 is 0 Å². The van der Waals surface area contributed by atoms with Crippen LogP contribution in [0.1, 0.15) is 30.0 Å². The van der Waals surface area contributed by atoms with Crippen LogP contribution in [-0.4, -0.2) is 7.11 Å². The van der Waals surface area contributed by atoms with Crippen molar-refractivity contribution in [1.82, 2.24) is 0 Å². The van der Waals surface area contributed by atoms with Gasteiger partial charge in [-0.15, -0.1) is 0 Å². The summed E-state index contributed by atoms with van der Waals surface area (Å²) in [6.07, 6.45) is 4.15. The Labute approximate surface area is 126 Å². The van der Waals surface area contributed by atoms with E-state index < -0.39 is 0 Å². The highest BCUT2D eigenvalue weighted by molar-refractivity contribution is 5.89. The minimum atomic E-state index is 0.654. The second kappa shape index (κ2) is 7.31. The van der Waals surface area contributed by atoms with Gasteiger partial charge in [0.25, 0.3) is 0 Å². The van der Waals surface area contributed by atoms with E-state index in [2.05, 4.69) is 37.3 Å². The minimum absolute atomic E-state index is 0.654. The Hall–Kier alpha value is -2.53. The molecule has 2 heteroatoms. The first-order valence-corrected chi connectivity index (χ1v) is 7.12. The van der Waals surface area contributed by atoms with E-state index in [9.17, 15) is 5.26 Å². The van der Waals surface area contributed by atoms with Gasteiger partial charge in [0.1, 0.15) is 5.75 Å². The monoisotopic (exact) mass is 277 g/mol. The molecule has 0 heterocycles. The fraction of sp³-hybridized carbons (Fsp3) is 0.211. The standard InChI is InChI=1S/C19H19NO/c1-3-4-15-5-7-16(8-6-15)13-18(14-20)17-9-11-19(21-2)12-10-17/h5-13H,3-4H2,1-2H3/b18-13+. The predicted molar refractivity (Wildman–Crippen MR) is 86.9 cm³/mol. The second-order valence-corrected chi connectivity index (χ2v) is 4.89. The molecule has 0 fully saturated rings. The molecule has 2 aromatic rings. The van der Waals surface area contributed by atoms with Gasteiger partial charge in [0, 0.05) is 0 Å². The predicted octanol–water partition coefficient (Wildman–Crippen LogP) is 4.71. The van der Waals surface area contributed by atoms with Crippen molar-refractivity contribution in [2.75, 3.05) is 7.11 Å². The molecule has 0 bridgehead atoms. The summed E-state index contributed by atoms with van der Waals surface area (Å²) >= 11 is 0. The maximum absolute atomic E-state index is 9.36. The molecule has 0 aliphatic rings. The molecule has 0 aliphatic heterocycles. The van der Waals surface area contributed by atoms with Crippen LogP contribution in [0.2, 0.25) is 0 Å². The lowest BCUT2D eigenvalue weighted by molar-refractivity contribution is 0.415. The van der Waals surface area contributed by atoms with Gasteiger partial charge in [-0.3, -0.25) is 0 Å². The zero-order valence-electron chi connectivity index (χ0n) is 12.5. The summed E-state index contributed by atoms with van der Waals surface area (Å²) in [7, 11) is 1.63. The van der Waals surface area contributed by atoms with E-state index in [1.807, 2.05) is 30.3 Å². The zero-order chi connectivity index (χ0) is 15.1. The lowest BCUT2D eigenvalue weighted by atomic mass is 10.0. The SMILES string of the molecule is CCCc1ccc(/C=C(\C#N)c2ccc(OC)cc2)cc1. The van der Waals surface area contributed by atoms with Gasteiger partial charge in [-0.1, -0.05) is 37.6 Å². The highest BCUT2D eigenvalue weighted by Gasteiger charge is 2.02. The van der Waals surface area contributed by atoms with Crippen molar-refractivity contribution in [2.45, 2.75) is 19.8 Å². The van der Waals surface area contributed by atoms with Gasteiger partial charge < -0.3 is 4.74 Å². The zero-order valence-corrected chi connectivity index (χ0v) is 12.5. The van der Waals surface area contributed by atoms with Gasteiger partial charge in [0.05, 0.1) is 18.8 Å². The van der Waals surface area contributed by atoms with Crippen LogP contribution in [-0.2, 0) is 6.42 Å². The summed E-state index contributed by atoms with van der Waals surface area (Å²) in [4.78, 5) is 0. The highest BCUT2D eigenvalue weighted by atomic mass is 16.5. The second-order valence-electron chi connectivity index (χ2n) is 4.89. The van der Waals surface area contributed by atoms with Gasteiger partial charge in [-0.05, 0) is 53.5 Å². The number of hydrogen-bond acceptors (Lipinski definition) is 2. The topological polar surface area (TPSA) is 33.0 Å². The van der Waals surface area contributed by atoms with E-state index in [1.165, 1.54) is 5.56 Å². The molecule has 0 N–H and O–H groups in total. The highest BCUT2D eigenvalue weighted by Crippen LogP contribution is 2.21. The summed E-state index contributed by atoms with van der Waals surface area (Å²) in [6.45, 7) is 2.17. The Bertz CT molecular complexity index is 645. The summed E-state index contributed by atoms with van der Waals surface area (Å²) in [5.74, 6) is 0.792. The van der Waals surface area contributed by atoms with E-state index >= 15 is 0 Å². The average Bonchev–Trinajstić information content (AvgIpc) is 2.54. The summed E-state index contributed by atoms with van der Waals surface area (Å²) in [5, 5.41) is 9.36. The van der Waals surface area contributed by atoms with Crippen molar-refractivity contribution >= 4 is 11.6 Å². The number of aryl methyl sites for hydroxylation is 1. The third kappa shape index (κ3) is 3.97. The molecular weight excluding hydrogens is 258 g/mol. The molecule has 2 rings (SSSR count). The quantitative estimate of drug-likeness (QED) is 0.585. The number of hydrogen-bond donors (Lipinski definition) is 0. The normalized spacial score (nSPS) is 11.0. The van der Waals surface area contributed by atoms with Crippen LogP contribution < -0.4 is 4.74 Å². The molecule has 2 nitrogen and oxygen atoms in total. The summed E-state index contributed by atoms with van der Waals surface area (Å²) in [5.41, 5.74) is 3.93. The maximum Gasteiger partial charge on any atom is 0.118 e. The summed E-state index contributed by atoms with van der Waals surface area (Å²) in [6, 6.07) is 18.2. The molecule has 0 radical (unpaired) electrons. The van der Waals surface area contributed by atoms with Crippen molar-refractivity contribution in [2.24, 2.45) is 0 Å². The molecule has 0 saturated heterocycles. The molecule has 0 amide bonds. The molecule has 21 heavy (non-hydrogen) atoms. The molecule has 0 aromatic heterocycles. The Morgan fingerprint density at radius 2 is 1.76 bits per heavy atom. The van der Waals surface area contributed by atoms with E-state index in [0.29, 0.717) is 5.57 Å². The Morgan fingerprint density at radius 3 is 2.29 bits per heavy atom. The fourth-order valence-electron chi connectivity index (χ4n) is 2.19. The van der Waals surface area contributed by atoms with E-state index in [4.69, 9.17) is 4.74 Å². The maximum atomic E-state index is 9.36. The van der Waals surface area contributed by atoms with E-state index in [0.717, 1.165) is 29.7 Å². The van der Waals surface area contributed by atoms with Gasteiger partial charge >= 0.3 is 0 Å². The van der Waals surface area contributed by atoms with Gasteiger partial charge in [-0.2, -0.15) is 5.26 Å². The Balaban J connectivity index is 2.25. The number of benzene rings is 2. The molecule has 106 valence electrons. The van der Waals surface area contributed by atoms with Crippen LogP contribution in [0.3, 0.4) is 0 Å².